The molecule has 0 bridgehead atoms. The van der Waals surface area contributed by atoms with E-state index in [-0.39, 0.29) is 11.3 Å². The van der Waals surface area contributed by atoms with E-state index in [0.29, 0.717) is 19.5 Å². The van der Waals surface area contributed by atoms with E-state index in [2.05, 4.69) is 16.4 Å². The number of para-hydroxylation sites is 1. The van der Waals surface area contributed by atoms with Crippen molar-refractivity contribution < 1.29 is 4.79 Å². The van der Waals surface area contributed by atoms with Crippen molar-refractivity contribution in [2.24, 2.45) is 11.1 Å². The van der Waals surface area contributed by atoms with E-state index >= 15 is 0 Å². The molecular formula is C15H19N3OS. The summed E-state index contributed by atoms with van der Waals surface area (Å²) in [7, 11) is 0. The van der Waals surface area contributed by atoms with Crippen LogP contribution in [0.15, 0.2) is 24.3 Å². The molecule has 0 unspecified atom stereocenters. The highest BCUT2D eigenvalue weighted by atomic mass is 32.1. The van der Waals surface area contributed by atoms with Crippen LogP contribution in [0.4, 0.5) is 0 Å². The van der Waals surface area contributed by atoms with Gasteiger partial charge in [0.25, 0.3) is 0 Å². The molecule has 1 fully saturated rings. The molecule has 106 valence electrons. The Morgan fingerprint density at radius 1 is 1.40 bits per heavy atom. The lowest BCUT2D eigenvalue weighted by Gasteiger charge is -2.40. The standard InChI is InChI=1S/C15H19N3OS/c16-10-15(6-3-7-15)8-13(19)17-9-14-18-11-4-1-2-5-12(11)20-14/h1-2,4-5H,3,6-10,16H2,(H,17,19). The minimum Gasteiger partial charge on any atom is -0.350 e. The Morgan fingerprint density at radius 3 is 2.85 bits per heavy atom. The molecular weight excluding hydrogens is 270 g/mol. The zero-order valence-electron chi connectivity index (χ0n) is 11.4. The fourth-order valence-corrected chi connectivity index (χ4v) is 3.61. The number of hydrogen-bond donors (Lipinski definition) is 2. The molecule has 1 saturated carbocycles. The van der Waals surface area contributed by atoms with Crippen molar-refractivity contribution in [1.82, 2.24) is 10.3 Å². The van der Waals surface area contributed by atoms with Crippen LogP contribution in [0.2, 0.25) is 0 Å². The number of hydrogen-bond acceptors (Lipinski definition) is 4. The van der Waals surface area contributed by atoms with Crippen LogP contribution >= 0.6 is 11.3 Å². The smallest absolute Gasteiger partial charge is 0.220 e. The number of carbonyl (C=O) groups excluding carboxylic acids is 1. The highest BCUT2D eigenvalue weighted by Gasteiger charge is 2.37. The quantitative estimate of drug-likeness (QED) is 0.888. The first-order valence-electron chi connectivity index (χ1n) is 7.02. The molecule has 3 N–H and O–H groups in total. The number of carbonyl (C=O) groups is 1. The van der Waals surface area contributed by atoms with Crippen LogP contribution in [-0.4, -0.2) is 17.4 Å². The second-order valence-electron chi connectivity index (χ2n) is 5.59. The number of amides is 1. The summed E-state index contributed by atoms with van der Waals surface area (Å²) in [4.78, 5) is 16.5. The predicted molar refractivity (Wildman–Crippen MR) is 81.4 cm³/mol. The van der Waals surface area contributed by atoms with Gasteiger partial charge in [0.1, 0.15) is 5.01 Å². The van der Waals surface area contributed by atoms with Gasteiger partial charge in [0, 0.05) is 6.42 Å². The SMILES string of the molecule is NCC1(CC(=O)NCc2nc3ccccc3s2)CCC1. The number of nitrogens with two attached hydrogens (primary N) is 1. The summed E-state index contributed by atoms with van der Waals surface area (Å²) < 4.78 is 1.16. The highest BCUT2D eigenvalue weighted by molar-refractivity contribution is 7.18. The summed E-state index contributed by atoms with van der Waals surface area (Å²) in [5.74, 6) is 0.0920. The molecule has 0 aliphatic heterocycles. The van der Waals surface area contributed by atoms with Crippen LogP contribution in [0.3, 0.4) is 0 Å². The lowest BCUT2D eigenvalue weighted by molar-refractivity contribution is -0.124. The molecule has 5 heteroatoms. The molecule has 1 aromatic heterocycles. The van der Waals surface area contributed by atoms with Gasteiger partial charge in [-0.15, -0.1) is 11.3 Å². The van der Waals surface area contributed by atoms with Gasteiger partial charge in [-0.25, -0.2) is 4.98 Å². The minimum atomic E-state index is 0.0671. The van der Waals surface area contributed by atoms with Crippen LogP contribution in [0.5, 0.6) is 0 Å². The Labute approximate surface area is 122 Å². The molecule has 3 rings (SSSR count). The predicted octanol–water partition coefficient (Wildman–Crippen LogP) is 2.43. The molecule has 20 heavy (non-hydrogen) atoms. The zero-order valence-corrected chi connectivity index (χ0v) is 12.2. The summed E-state index contributed by atoms with van der Waals surface area (Å²) in [5.41, 5.74) is 6.85. The van der Waals surface area contributed by atoms with Crippen molar-refractivity contribution in [2.45, 2.75) is 32.2 Å². The van der Waals surface area contributed by atoms with E-state index in [1.165, 1.54) is 6.42 Å². The molecule has 0 radical (unpaired) electrons. The van der Waals surface area contributed by atoms with Crippen molar-refractivity contribution in [3.05, 3.63) is 29.3 Å². The first kappa shape index (κ1) is 13.5. The van der Waals surface area contributed by atoms with Gasteiger partial charge in [0.15, 0.2) is 0 Å². The minimum absolute atomic E-state index is 0.0671. The van der Waals surface area contributed by atoms with Crippen molar-refractivity contribution in [3.63, 3.8) is 0 Å². The second kappa shape index (κ2) is 5.50. The number of nitrogens with zero attached hydrogens (tertiary/aromatic N) is 1. The van der Waals surface area contributed by atoms with E-state index in [1.54, 1.807) is 11.3 Å². The Bertz CT molecular complexity index is 580. The topological polar surface area (TPSA) is 68.0 Å². The maximum atomic E-state index is 12.0. The Balaban J connectivity index is 1.57. The van der Waals surface area contributed by atoms with Gasteiger partial charge in [-0.05, 0) is 36.9 Å². The first-order valence-corrected chi connectivity index (χ1v) is 7.84. The van der Waals surface area contributed by atoms with Gasteiger partial charge in [-0.1, -0.05) is 18.6 Å². The number of thiazole rings is 1. The molecule has 1 aliphatic carbocycles. The molecule has 1 aliphatic rings. The van der Waals surface area contributed by atoms with Gasteiger partial charge >= 0.3 is 0 Å². The molecule has 1 heterocycles. The van der Waals surface area contributed by atoms with Gasteiger partial charge < -0.3 is 11.1 Å². The Hall–Kier alpha value is -1.46. The largest absolute Gasteiger partial charge is 0.350 e. The molecule has 0 spiro atoms. The summed E-state index contributed by atoms with van der Waals surface area (Å²) in [6.07, 6.45) is 3.91. The van der Waals surface area contributed by atoms with Crippen molar-refractivity contribution in [1.29, 1.82) is 0 Å². The molecule has 4 nitrogen and oxygen atoms in total. The molecule has 1 amide bonds. The average molecular weight is 289 g/mol. The molecule has 2 aromatic rings. The first-order chi connectivity index (χ1) is 9.71. The average Bonchev–Trinajstić information content (AvgIpc) is 2.83. The van der Waals surface area contributed by atoms with E-state index < -0.39 is 0 Å². The number of rotatable bonds is 5. The van der Waals surface area contributed by atoms with Crippen molar-refractivity contribution >= 4 is 27.5 Å². The third-order valence-electron chi connectivity index (χ3n) is 4.16. The van der Waals surface area contributed by atoms with E-state index in [0.717, 1.165) is 28.1 Å². The number of fused-ring (bicyclic) bond motifs is 1. The maximum Gasteiger partial charge on any atom is 0.220 e. The van der Waals surface area contributed by atoms with E-state index in [9.17, 15) is 4.79 Å². The number of benzene rings is 1. The lowest BCUT2D eigenvalue weighted by atomic mass is 9.66. The third-order valence-corrected chi connectivity index (χ3v) is 5.19. The zero-order chi connectivity index (χ0) is 14.0. The lowest BCUT2D eigenvalue weighted by Crippen LogP contribution is -2.41. The van der Waals surface area contributed by atoms with Crippen LogP contribution in [0.1, 0.15) is 30.7 Å². The van der Waals surface area contributed by atoms with Gasteiger partial charge in [-0.3, -0.25) is 4.79 Å². The van der Waals surface area contributed by atoms with Crippen LogP contribution in [0, 0.1) is 5.41 Å². The Morgan fingerprint density at radius 2 is 2.20 bits per heavy atom. The fourth-order valence-electron chi connectivity index (χ4n) is 2.70. The van der Waals surface area contributed by atoms with Crippen molar-refractivity contribution in [2.75, 3.05) is 6.54 Å². The summed E-state index contributed by atoms with van der Waals surface area (Å²) in [6, 6.07) is 8.03. The Kier molecular flexibility index (Phi) is 3.72. The van der Waals surface area contributed by atoms with Gasteiger partial charge in [0.05, 0.1) is 16.8 Å². The molecule has 0 saturated heterocycles. The number of aromatic nitrogens is 1. The van der Waals surface area contributed by atoms with Gasteiger partial charge in [-0.2, -0.15) is 0 Å². The van der Waals surface area contributed by atoms with Gasteiger partial charge in [0.2, 0.25) is 5.91 Å². The number of nitrogens with one attached hydrogen (secondary N) is 1. The fraction of sp³-hybridized carbons (Fsp3) is 0.467. The normalized spacial score (nSPS) is 16.9. The van der Waals surface area contributed by atoms with Crippen LogP contribution < -0.4 is 11.1 Å². The van der Waals surface area contributed by atoms with E-state index in [1.807, 2.05) is 18.2 Å². The molecule has 0 atom stereocenters. The summed E-state index contributed by atoms with van der Waals surface area (Å²) >= 11 is 1.63. The summed E-state index contributed by atoms with van der Waals surface area (Å²) in [5, 5.41) is 3.93. The molecule has 1 aromatic carbocycles. The van der Waals surface area contributed by atoms with Crippen molar-refractivity contribution in [3.8, 4) is 0 Å². The maximum absolute atomic E-state index is 12.0. The second-order valence-corrected chi connectivity index (χ2v) is 6.70. The third kappa shape index (κ3) is 2.69. The highest BCUT2D eigenvalue weighted by Crippen LogP contribution is 2.42. The van der Waals surface area contributed by atoms with Crippen LogP contribution in [-0.2, 0) is 11.3 Å². The monoisotopic (exact) mass is 289 g/mol. The van der Waals surface area contributed by atoms with Crippen LogP contribution in [0.25, 0.3) is 10.2 Å². The van der Waals surface area contributed by atoms with E-state index in [4.69, 9.17) is 5.73 Å². The summed E-state index contributed by atoms with van der Waals surface area (Å²) in [6.45, 7) is 1.13.